The van der Waals surface area contributed by atoms with Crippen molar-refractivity contribution in [2.45, 2.75) is 60.0 Å². The Morgan fingerprint density at radius 2 is 1.68 bits per heavy atom. The zero-order valence-corrected chi connectivity index (χ0v) is 18.2. The molecule has 1 atom stereocenters. The highest BCUT2D eigenvalue weighted by Gasteiger charge is 2.41. The van der Waals surface area contributed by atoms with Crippen LogP contribution in [0.2, 0.25) is 0 Å². The van der Waals surface area contributed by atoms with Crippen molar-refractivity contribution in [1.29, 1.82) is 0 Å². The van der Waals surface area contributed by atoms with Crippen molar-refractivity contribution in [3.8, 4) is 0 Å². The number of rotatable bonds is 5. The Bertz CT molecular complexity index is 599. The van der Waals surface area contributed by atoms with Crippen LogP contribution in [0, 0.1) is 6.92 Å². The summed E-state index contributed by atoms with van der Waals surface area (Å²) in [4.78, 5) is 0. The van der Waals surface area contributed by atoms with Crippen LogP contribution in [0.25, 0.3) is 0 Å². The minimum atomic E-state index is -1.88. The molecule has 0 radical (unpaired) electrons. The van der Waals surface area contributed by atoms with Gasteiger partial charge in [0.1, 0.15) is 0 Å². The van der Waals surface area contributed by atoms with Gasteiger partial charge in [-0.1, -0.05) is 43.7 Å². The second-order valence-corrected chi connectivity index (χ2v) is 11.1. The van der Waals surface area contributed by atoms with E-state index >= 15 is 0 Å². The molecule has 0 aromatic heterocycles. The van der Waals surface area contributed by atoms with E-state index in [-0.39, 0.29) is 5.54 Å². The molecule has 2 rings (SSSR count). The van der Waals surface area contributed by atoms with Crippen LogP contribution in [0.5, 0.6) is 0 Å². The van der Waals surface area contributed by atoms with Gasteiger partial charge in [0.05, 0.1) is 5.54 Å². The van der Waals surface area contributed by atoms with E-state index in [1.165, 1.54) is 17.5 Å². The van der Waals surface area contributed by atoms with Gasteiger partial charge in [-0.05, 0) is 46.7 Å². The monoisotopic (exact) mass is 364 g/mol. The Morgan fingerprint density at radius 1 is 1.08 bits per heavy atom. The summed E-state index contributed by atoms with van der Waals surface area (Å²) in [7, 11) is 0.405. The van der Waals surface area contributed by atoms with Crippen LogP contribution in [-0.2, 0) is 6.54 Å². The van der Waals surface area contributed by atoms with Crippen LogP contribution < -0.4 is 0 Å². The van der Waals surface area contributed by atoms with E-state index in [0.29, 0.717) is 0 Å². The molecule has 1 aliphatic heterocycles. The number of aryl methyl sites for hydroxylation is 1. The molecule has 1 unspecified atom stereocenters. The Balaban J connectivity index is 2.52. The number of benzene rings is 1. The van der Waals surface area contributed by atoms with Gasteiger partial charge in [-0.25, -0.2) is 14.0 Å². The molecule has 0 saturated carbocycles. The maximum atomic E-state index is 5.51. The molecule has 1 fully saturated rings. The molecular weight excluding hydrogens is 327 g/mol. The predicted octanol–water partition coefficient (Wildman–Crippen LogP) is 5.22. The molecule has 1 aliphatic rings. The van der Waals surface area contributed by atoms with Crippen molar-refractivity contribution >= 4 is 7.51 Å². The van der Waals surface area contributed by atoms with Crippen LogP contribution >= 0.6 is 7.51 Å². The van der Waals surface area contributed by atoms with E-state index in [1.807, 2.05) is 0 Å². The summed E-state index contributed by atoms with van der Waals surface area (Å²) in [6, 6.07) is 9.00. The quantitative estimate of drug-likeness (QED) is 0.669. The Morgan fingerprint density at radius 3 is 2.20 bits per heavy atom. The molecule has 1 aromatic rings. The molecule has 4 nitrogen and oxygen atoms in total. The number of nitrogens with zero attached hydrogens (tertiary/aromatic N) is 4. The first-order valence-corrected chi connectivity index (χ1v) is 11.2. The second kappa shape index (κ2) is 8.35. The largest absolute Gasteiger partial charge is 0.255 e. The first-order valence-electron chi connectivity index (χ1n) is 9.64. The molecule has 1 saturated heterocycles. The smallest absolute Gasteiger partial charge is 0.168 e. The van der Waals surface area contributed by atoms with Gasteiger partial charge < -0.3 is 0 Å². The Kier molecular flexibility index (Phi) is 6.89. The molecule has 1 aromatic carbocycles. The van der Waals surface area contributed by atoms with E-state index in [2.05, 4.69) is 86.9 Å². The summed E-state index contributed by atoms with van der Waals surface area (Å²) >= 11 is 0. The third-order valence-electron chi connectivity index (χ3n) is 4.76. The fraction of sp³-hybridized carbons (Fsp3) is 0.700. The van der Waals surface area contributed by atoms with E-state index in [4.69, 9.17) is 4.74 Å². The molecule has 0 amide bonds. The fourth-order valence-electron chi connectivity index (χ4n) is 3.65. The molecule has 0 aliphatic carbocycles. The number of hydrogen-bond donors (Lipinski definition) is 0. The average Bonchev–Trinajstić information content (AvgIpc) is 2.53. The van der Waals surface area contributed by atoms with Gasteiger partial charge in [0.25, 0.3) is 0 Å². The van der Waals surface area contributed by atoms with Crippen LogP contribution in [-0.4, -0.2) is 52.8 Å². The lowest BCUT2D eigenvalue weighted by Gasteiger charge is -2.52. The maximum absolute atomic E-state index is 5.51. The fourth-order valence-corrected chi connectivity index (χ4v) is 8.01. The van der Waals surface area contributed by atoms with E-state index in [0.717, 1.165) is 32.7 Å². The Labute approximate surface area is 155 Å². The molecule has 1 heterocycles. The summed E-state index contributed by atoms with van der Waals surface area (Å²) in [5.74, 6) is 0. The summed E-state index contributed by atoms with van der Waals surface area (Å²) in [6.45, 7) is 18.7. The van der Waals surface area contributed by atoms with E-state index < -0.39 is 7.51 Å². The lowest BCUT2D eigenvalue weighted by molar-refractivity contribution is 0.280. The van der Waals surface area contributed by atoms with Gasteiger partial charge in [-0.2, -0.15) is 0 Å². The van der Waals surface area contributed by atoms with Gasteiger partial charge in [0.2, 0.25) is 0 Å². The van der Waals surface area contributed by atoms with Crippen molar-refractivity contribution in [2.24, 2.45) is 4.74 Å². The molecule has 25 heavy (non-hydrogen) atoms. The first kappa shape index (κ1) is 20.6. The Hall–Kier alpha value is -0.670. The molecule has 0 bridgehead atoms. The predicted molar refractivity (Wildman–Crippen MR) is 111 cm³/mol. The summed E-state index contributed by atoms with van der Waals surface area (Å²) in [5.41, 5.74) is 2.67. The lowest BCUT2D eigenvalue weighted by atomic mass is 10.1. The van der Waals surface area contributed by atoms with Gasteiger partial charge in [0.15, 0.2) is 7.51 Å². The molecular formula is C20H37N4P. The standard InChI is InChI=1S/C20H37N4P/c1-8-23(9-2)25(21-20(4,5)6)22(7)15-10-16-24(25)17-19-13-11-18(3)12-14-19/h11-14H,8-10,15-17H2,1-7H3. The topological polar surface area (TPSA) is 22.1 Å². The summed E-state index contributed by atoms with van der Waals surface area (Å²) in [5, 5.41) is 0. The zero-order chi connectivity index (χ0) is 18.7. The van der Waals surface area contributed by atoms with E-state index in [9.17, 15) is 0 Å². The van der Waals surface area contributed by atoms with Gasteiger partial charge >= 0.3 is 0 Å². The summed E-state index contributed by atoms with van der Waals surface area (Å²) in [6.07, 6.45) is 1.21. The first-order chi connectivity index (χ1) is 11.7. The highest BCUT2D eigenvalue weighted by molar-refractivity contribution is 7.59. The van der Waals surface area contributed by atoms with Gasteiger partial charge in [0, 0.05) is 32.7 Å². The molecule has 0 N–H and O–H groups in total. The van der Waals surface area contributed by atoms with Crippen molar-refractivity contribution in [1.82, 2.24) is 14.0 Å². The minimum Gasteiger partial charge on any atom is -0.255 e. The summed E-state index contributed by atoms with van der Waals surface area (Å²) < 4.78 is 13.4. The van der Waals surface area contributed by atoms with Gasteiger partial charge in [-0.15, -0.1) is 0 Å². The van der Waals surface area contributed by atoms with Crippen LogP contribution in [0.4, 0.5) is 0 Å². The third kappa shape index (κ3) is 4.74. The third-order valence-corrected chi connectivity index (χ3v) is 9.17. The van der Waals surface area contributed by atoms with Crippen molar-refractivity contribution in [2.75, 3.05) is 33.2 Å². The van der Waals surface area contributed by atoms with E-state index in [1.54, 1.807) is 0 Å². The maximum Gasteiger partial charge on any atom is 0.168 e. The van der Waals surface area contributed by atoms with Crippen molar-refractivity contribution in [3.63, 3.8) is 0 Å². The van der Waals surface area contributed by atoms with Crippen LogP contribution in [0.1, 0.15) is 52.2 Å². The SMILES string of the molecule is CCN(CC)P1(=NC(C)(C)C)N(C)CCCN1Cc1ccc(C)cc1. The highest BCUT2D eigenvalue weighted by Crippen LogP contribution is 2.62. The second-order valence-electron chi connectivity index (χ2n) is 8.05. The van der Waals surface area contributed by atoms with Crippen LogP contribution in [0.15, 0.2) is 29.0 Å². The van der Waals surface area contributed by atoms with Crippen molar-refractivity contribution < 1.29 is 0 Å². The molecule has 0 spiro atoms. The lowest BCUT2D eigenvalue weighted by Crippen LogP contribution is -2.45. The number of hydrogen-bond acceptors (Lipinski definition) is 1. The minimum absolute atomic E-state index is 0.0481. The normalized spacial score (nSPS) is 23.2. The molecule has 142 valence electrons. The average molecular weight is 365 g/mol. The van der Waals surface area contributed by atoms with Crippen LogP contribution in [0.3, 0.4) is 0 Å². The highest BCUT2D eigenvalue weighted by atomic mass is 31.2. The van der Waals surface area contributed by atoms with Gasteiger partial charge in [-0.3, -0.25) is 4.74 Å². The molecule has 5 heteroatoms. The zero-order valence-electron chi connectivity index (χ0n) is 17.3. The van der Waals surface area contributed by atoms with Crippen molar-refractivity contribution in [3.05, 3.63) is 35.4 Å².